The summed E-state index contributed by atoms with van der Waals surface area (Å²) in [6, 6.07) is 15.3. The lowest BCUT2D eigenvalue weighted by molar-refractivity contribution is 0.0498. The van der Waals surface area contributed by atoms with E-state index in [4.69, 9.17) is 9.15 Å². The van der Waals surface area contributed by atoms with Crippen LogP contribution in [0.5, 0.6) is 0 Å². The molecule has 0 unspecified atom stereocenters. The van der Waals surface area contributed by atoms with E-state index in [0.717, 1.165) is 23.7 Å². The van der Waals surface area contributed by atoms with E-state index in [2.05, 4.69) is 27.6 Å². The minimum absolute atomic E-state index is 0.133. The predicted octanol–water partition coefficient (Wildman–Crippen LogP) is 6.80. The van der Waals surface area contributed by atoms with Crippen molar-refractivity contribution in [3.8, 4) is 0 Å². The number of ether oxygens (including phenoxy) is 1. The van der Waals surface area contributed by atoms with E-state index < -0.39 is 16.0 Å². The number of hydrogen-bond donors (Lipinski definition) is 1. The maximum atomic E-state index is 13.1. The Morgan fingerprint density at radius 3 is 2.42 bits per heavy atom. The van der Waals surface area contributed by atoms with Crippen molar-refractivity contribution >= 4 is 59.4 Å². The van der Waals surface area contributed by atoms with Crippen molar-refractivity contribution in [3.63, 3.8) is 0 Å². The van der Waals surface area contributed by atoms with E-state index >= 15 is 0 Å². The van der Waals surface area contributed by atoms with Crippen LogP contribution in [0.4, 0.5) is 5.69 Å². The van der Waals surface area contributed by atoms with Crippen LogP contribution < -0.4 is 4.72 Å². The quantitative estimate of drug-likeness (QED) is 0.200. The van der Waals surface area contributed by atoms with Crippen LogP contribution in [-0.4, -0.2) is 21.0 Å². The van der Waals surface area contributed by atoms with Gasteiger partial charge in [0.25, 0.3) is 10.0 Å². The molecule has 1 heterocycles. The number of nitrogens with one attached hydrogen (secondary N) is 1. The minimum Gasteiger partial charge on any atom is -0.462 e. The Kier molecular flexibility index (Phi) is 6.76. The lowest BCUT2D eigenvalue weighted by Crippen LogP contribution is -2.13. The van der Waals surface area contributed by atoms with Crippen LogP contribution in [0.2, 0.25) is 0 Å². The van der Waals surface area contributed by atoms with E-state index in [1.807, 2.05) is 24.3 Å². The molecular weight excluding hydrogens is 506 g/mol. The van der Waals surface area contributed by atoms with Gasteiger partial charge in [0, 0.05) is 20.6 Å². The van der Waals surface area contributed by atoms with E-state index in [0.29, 0.717) is 45.4 Å². The number of carbonyl (C=O) groups excluding carboxylic acids is 1. The van der Waals surface area contributed by atoms with Crippen LogP contribution in [0.15, 0.2) is 68.4 Å². The van der Waals surface area contributed by atoms with E-state index in [9.17, 15) is 13.2 Å². The number of aryl methyl sites for hydroxylation is 1. The fourth-order valence-electron chi connectivity index (χ4n) is 3.78. The number of anilines is 1. The number of fused-ring (bicyclic) bond motifs is 3. The topological polar surface area (TPSA) is 85.6 Å². The van der Waals surface area contributed by atoms with Gasteiger partial charge in [0.05, 0.1) is 17.2 Å². The maximum absolute atomic E-state index is 13.1. The summed E-state index contributed by atoms with van der Waals surface area (Å²) in [5.41, 5.74) is 1.20. The Labute approximate surface area is 201 Å². The van der Waals surface area contributed by atoms with Crippen molar-refractivity contribution in [1.29, 1.82) is 0 Å². The summed E-state index contributed by atoms with van der Waals surface area (Å²) in [5.74, 6) is -0.0390. The van der Waals surface area contributed by atoms with Crippen molar-refractivity contribution in [2.45, 2.75) is 38.0 Å². The molecule has 0 spiro atoms. The van der Waals surface area contributed by atoms with Crippen LogP contribution in [0.3, 0.4) is 0 Å². The highest BCUT2D eigenvalue weighted by atomic mass is 79.9. The highest BCUT2D eigenvalue weighted by Crippen LogP contribution is 2.37. The average Bonchev–Trinajstić information content (AvgIpc) is 3.13. The van der Waals surface area contributed by atoms with Crippen molar-refractivity contribution in [2.24, 2.45) is 0 Å². The Hall–Kier alpha value is -2.84. The van der Waals surface area contributed by atoms with Gasteiger partial charge in [0.15, 0.2) is 0 Å². The second kappa shape index (κ2) is 9.57. The maximum Gasteiger partial charge on any atom is 0.342 e. The fraction of sp³-hybridized carbons (Fsp3) is 0.240. The second-order valence-electron chi connectivity index (χ2n) is 7.78. The first-order valence-corrected chi connectivity index (χ1v) is 13.0. The van der Waals surface area contributed by atoms with Gasteiger partial charge in [0.1, 0.15) is 16.9 Å². The summed E-state index contributed by atoms with van der Waals surface area (Å²) in [6.45, 7) is 4.12. The van der Waals surface area contributed by atoms with Crippen LogP contribution in [0.1, 0.15) is 42.3 Å². The molecule has 1 N–H and O–H groups in total. The SMILES string of the molecule is CCCCCOC(=O)c1c(C)oc2c1cc(NS(=O)(=O)c1ccc(Br)cc1)c1ccccc12. The molecule has 0 saturated heterocycles. The van der Waals surface area contributed by atoms with E-state index in [1.165, 1.54) is 12.1 Å². The standard InChI is InChI=1S/C25H24BrNO5S/c1-3-4-7-14-31-25(28)23-16(2)32-24-20-9-6-5-8-19(20)22(15-21(23)24)27-33(29,30)18-12-10-17(26)11-13-18/h5-6,8-13,15,27H,3-4,7,14H2,1-2H3. The van der Waals surface area contributed by atoms with E-state index in [-0.39, 0.29) is 4.90 Å². The summed E-state index contributed by atoms with van der Waals surface area (Å²) in [7, 11) is -3.85. The van der Waals surface area contributed by atoms with Gasteiger partial charge in [-0.05, 0) is 43.7 Å². The average molecular weight is 530 g/mol. The van der Waals surface area contributed by atoms with E-state index in [1.54, 1.807) is 25.1 Å². The number of halogens is 1. The Morgan fingerprint density at radius 2 is 1.73 bits per heavy atom. The van der Waals surface area contributed by atoms with Crippen LogP contribution in [-0.2, 0) is 14.8 Å². The molecule has 1 aromatic heterocycles. The number of esters is 1. The molecule has 4 rings (SSSR count). The molecule has 0 aliphatic heterocycles. The van der Waals surface area contributed by atoms with Gasteiger partial charge in [-0.2, -0.15) is 0 Å². The van der Waals surface area contributed by atoms with Crippen LogP contribution in [0, 0.1) is 6.92 Å². The molecule has 0 aliphatic carbocycles. The van der Waals surface area contributed by atoms with Crippen LogP contribution >= 0.6 is 15.9 Å². The van der Waals surface area contributed by atoms with Gasteiger partial charge < -0.3 is 9.15 Å². The lowest BCUT2D eigenvalue weighted by atomic mass is 10.0. The van der Waals surface area contributed by atoms with Crippen molar-refractivity contribution in [2.75, 3.05) is 11.3 Å². The van der Waals surface area contributed by atoms with Crippen molar-refractivity contribution < 1.29 is 22.4 Å². The molecule has 0 saturated carbocycles. The summed E-state index contributed by atoms with van der Waals surface area (Å²) in [6.07, 6.45) is 2.79. The molecule has 6 nitrogen and oxygen atoms in total. The number of benzene rings is 3. The zero-order valence-electron chi connectivity index (χ0n) is 18.4. The number of furan rings is 1. The molecule has 4 aromatic rings. The Bertz CT molecular complexity index is 1420. The molecule has 8 heteroatoms. The van der Waals surface area contributed by atoms with Gasteiger partial charge in [-0.3, -0.25) is 4.72 Å². The van der Waals surface area contributed by atoms with Crippen molar-refractivity contribution in [1.82, 2.24) is 0 Å². The smallest absolute Gasteiger partial charge is 0.342 e. The van der Waals surface area contributed by atoms with Gasteiger partial charge in [-0.15, -0.1) is 0 Å². The molecular formula is C25H24BrNO5S. The number of carbonyl (C=O) groups is 1. The lowest BCUT2D eigenvalue weighted by Gasteiger charge is -2.12. The summed E-state index contributed by atoms with van der Waals surface area (Å²) in [4.78, 5) is 13.0. The highest BCUT2D eigenvalue weighted by molar-refractivity contribution is 9.10. The molecule has 172 valence electrons. The first-order chi connectivity index (χ1) is 15.8. The molecule has 33 heavy (non-hydrogen) atoms. The summed E-state index contributed by atoms with van der Waals surface area (Å²) >= 11 is 3.32. The Morgan fingerprint density at radius 1 is 1.03 bits per heavy atom. The number of rotatable bonds is 8. The zero-order chi connectivity index (χ0) is 23.6. The molecule has 0 amide bonds. The predicted molar refractivity (Wildman–Crippen MR) is 133 cm³/mol. The first kappa shape index (κ1) is 23.3. The third-order valence-electron chi connectivity index (χ3n) is 5.43. The van der Waals surface area contributed by atoms with Gasteiger partial charge in [0.2, 0.25) is 0 Å². The van der Waals surface area contributed by atoms with Crippen LogP contribution in [0.25, 0.3) is 21.7 Å². The van der Waals surface area contributed by atoms with Gasteiger partial charge in [-0.25, -0.2) is 13.2 Å². The second-order valence-corrected chi connectivity index (χ2v) is 10.4. The zero-order valence-corrected chi connectivity index (χ0v) is 20.8. The third-order valence-corrected chi connectivity index (χ3v) is 7.34. The monoisotopic (exact) mass is 529 g/mol. The normalized spacial score (nSPS) is 11.7. The molecule has 0 fully saturated rings. The third kappa shape index (κ3) is 4.77. The Balaban J connectivity index is 1.81. The highest BCUT2D eigenvalue weighted by Gasteiger charge is 2.24. The van der Waals surface area contributed by atoms with Gasteiger partial charge >= 0.3 is 5.97 Å². The molecule has 0 aliphatic rings. The van der Waals surface area contributed by atoms with Gasteiger partial charge in [-0.1, -0.05) is 60.0 Å². The number of sulfonamides is 1. The largest absolute Gasteiger partial charge is 0.462 e. The summed E-state index contributed by atoms with van der Waals surface area (Å²) < 4.78 is 41.1. The molecule has 0 atom stereocenters. The first-order valence-electron chi connectivity index (χ1n) is 10.7. The fourth-order valence-corrected chi connectivity index (χ4v) is 5.12. The molecule has 0 bridgehead atoms. The number of hydrogen-bond acceptors (Lipinski definition) is 5. The van der Waals surface area contributed by atoms with Crippen molar-refractivity contribution in [3.05, 3.63) is 70.4 Å². The minimum atomic E-state index is -3.85. The molecule has 0 radical (unpaired) electrons. The summed E-state index contributed by atoms with van der Waals surface area (Å²) in [5, 5.41) is 1.89. The molecule has 3 aromatic carbocycles. The number of unbranched alkanes of at least 4 members (excludes halogenated alkanes) is 2.